The summed E-state index contributed by atoms with van der Waals surface area (Å²) in [7, 11) is -0.689. The lowest BCUT2D eigenvalue weighted by Gasteiger charge is -2.35. The van der Waals surface area contributed by atoms with Gasteiger partial charge in [-0.05, 0) is 52.4 Å². The molecular weight excluding hydrogens is 365 g/mol. The van der Waals surface area contributed by atoms with Gasteiger partial charge in [-0.15, -0.1) is 11.8 Å². The SMILES string of the molecule is C[SiH](C)CCOCN1C(O)SC2CC(B3OC(C)(C)C(C)(C)O3)CCC21. The zero-order valence-corrected chi connectivity index (χ0v) is 19.2. The second-order valence-corrected chi connectivity index (χ2v) is 14.2. The third kappa shape index (κ3) is 4.37. The van der Waals surface area contributed by atoms with Crippen molar-refractivity contribution in [3.63, 3.8) is 0 Å². The summed E-state index contributed by atoms with van der Waals surface area (Å²) in [6, 6.07) is 1.61. The molecule has 0 aromatic carbocycles. The van der Waals surface area contributed by atoms with E-state index in [0.29, 0.717) is 23.8 Å². The van der Waals surface area contributed by atoms with Gasteiger partial charge in [-0.3, -0.25) is 0 Å². The van der Waals surface area contributed by atoms with Gasteiger partial charge in [0.2, 0.25) is 0 Å². The van der Waals surface area contributed by atoms with E-state index in [2.05, 4.69) is 45.7 Å². The summed E-state index contributed by atoms with van der Waals surface area (Å²) in [6.45, 7) is 14.5. The Bertz CT molecular complexity index is 480. The summed E-state index contributed by atoms with van der Waals surface area (Å²) in [5.41, 5.74) is -0.981. The lowest BCUT2D eigenvalue weighted by Crippen LogP contribution is -2.44. The number of nitrogens with zero attached hydrogens (tertiary/aromatic N) is 1. The van der Waals surface area contributed by atoms with Crippen LogP contribution in [-0.2, 0) is 14.0 Å². The Labute approximate surface area is 165 Å². The first kappa shape index (κ1) is 21.1. The number of ether oxygens (including phenoxy) is 1. The standard InChI is InChI=1S/C18H36BNO4SSi/c1-17(2)18(3,4)24-19(23-17)13-7-8-14-15(11-13)25-16(21)20(14)12-22-9-10-26(5)6/h13-16,21,26H,7-12H2,1-6H3. The van der Waals surface area contributed by atoms with Crippen molar-refractivity contribution in [3.8, 4) is 0 Å². The Kier molecular flexibility index (Phi) is 6.55. The van der Waals surface area contributed by atoms with Crippen LogP contribution < -0.4 is 0 Å². The summed E-state index contributed by atoms with van der Waals surface area (Å²) >= 11 is 1.68. The van der Waals surface area contributed by atoms with E-state index in [9.17, 15) is 5.11 Å². The van der Waals surface area contributed by atoms with Crippen LogP contribution in [0.1, 0.15) is 47.0 Å². The van der Waals surface area contributed by atoms with Gasteiger partial charge in [0, 0.05) is 26.7 Å². The fourth-order valence-electron chi connectivity index (χ4n) is 4.04. The second kappa shape index (κ2) is 8.05. The fourth-order valence-corrected chi connectivity index (χ4v) is 6.20. The van der Waals surface area contributed by atoms with Crippen LogP contribution in [0.15, 0.2) is 0 Å². The highest BCUT2D eigenvalue weighted by Gasteiger charge is 2.56. The summed E-state index contributed by atoms with van der Waals surface area (Å²) < 4.78 is 18.4. The molecule has 0 aromatic rings. The monoisotopic (exact) mass is 401 g/mol. The van der Waals surface area contributed by atoms with Gasteiger partial charge in [-0.2, -0.15) is 0 Å². The van der Waals surface area contributed by atoms with Crippen molar-refractivity contribution in [1.29, 1.82) is 0 Å². The Morgan fingerprint density at radius 1 is 1.19 bits per heavy atom. The summed E-state index contributed by atoms with van der Waals surface area (Å²) in [5.74, 6) is 0.407. The van der Waals surface area contributed by atoms with Crippen molar-refractivity contribution in [3.05, 3.63) is 0 Å². The van der Waals surface area contributed by atoms with Crippen LogP contribution in [0.25, 0.3) is 0 Å². The van der Waals surface area contributed by atoms with Gasteiger partial charge in [0.1, 0.15) is 6.73 Å². The molecule has 0 radical (unpaired) electrons. The molecule has 3 fully saturated rings. The molecule has 3 aliphatic rings. The number of thioether (sulfide) groups is 1. The zero-order chi connectivity index (χ0) is 19.1. The molecule has 0 spiro atoms. The number of aliphatic hydroxyl groups excluding tert-OH is 1. The summed E-state index contributed by atoms with van der Waals surface area (Å²) in [5, 5.41) is 10.9. The average molecular weight is 401 g/mol. The Balaban J connectivity index is 1.53. The first-order chi connectivity index (χ1) is 12.1. The molecule has 26 heavy (non-hydrogen) atoms. The summed E-state index contributed by atoms with van der Waals surface area (Å²) in [4.78, 5) is 2.15. The highest BCUT2D eigenvalue weighted by atomic mass is 32.2. The molecule has 150 valence electrons. The van der Waals surface area contributed by atoms with Gasteiger partial charge in [0.25, 0.3) is 0 Å². The highest BCUT2D eigenvalue weighted by molar-refractivity contribution is 8.00. The van der Waals surface area contributed by atoms with Crippen LogP contribution in [0.2, 0.25) is 25.0 Å². The minimum absolute atomic E-state index is 0.125. The van der Waals surface area contributed by atoms with Crippen molar-refractivity contribution in [2.24, 2.45) is 0 Å². The van der Waals surface area contributed by atoms with Gasteiger partial charge < -0.3 is 19.2 Å². The van der Waals surface area contributed by atoms with E-state index < -0.39 is 14.4 Å². The van der Waals surface area contributed by atoms with Crippen LogP contribution >= 0.6 is 11.8 Å². The minimum Gasteiger partial charge on any atom is -0.403 e. The van der Waals surface area contributed by atoms with E-state index >= 15 is 0 Å². The van der Waals surface area contributed by atoms with Crippen LogP contribution in [0, 0.1) is 0 Å². The predicted octanol–water partition coefficient (Wildman–Crippen LogP) is 3.16. The van der Waals surface area contributed by atoms with Crippen LogP contribution in [-0.4, -0.2) is 67.3 Å². The van der Waals surface area contributed by atoms with E-state index in [1.54, 1.807) is 11.8 Å². The van der Waals surface area contributed by atoms with E-state index in [4.69, 9.17) is 14.0 Å². The van der Waals surface area contributed by atoms with Gasteiger partial charge in [-0.1, -0.05) is 19.5 Å². The van der Waals surface area contributed by atoms with Crippen molar-refractivity contribution >= 4 is 27.7 Å². The Hall–Kier alpha value is 0.432. The van der Waals surface area contributed by atoms with Crippen molar-refractivity contribution in [2.75, 3.05) is 13.3 Å². The summed E-state index contributed by atoms with van der Waals surface area (Å²) in [6.07, 6.45) is 3.20. The van der Waals surface area contributed by atoms with Crippen molar-refractivity contribution in [1.82, 2.24) is 4.90 Å². The maximum absolute atomic E-state index is 10.5. The molecular formula is C18H36BNO4SSi. The quantitative estimate of drug-likeness (QED) is 0.545. The number of hydrogen-bond donors (Lipinski definition) is 1. The van der Waals surface area contributed by atoms with Gasteiger partial charge in [0.05, 0.1) is 11.2 Å². The molecule has 0 bridgehead atoms. The Morgan fingerprint density at radius 2 is 1.85 bits per heavy atom. The molecule has 1 N–H and O–H groups in total. The number of fused-ring (bicyclic) bond motifs is 1. The van der Waals surface area contributed by atoms with Crippen molar-refractivity contribution in [2.45, 2.75) is 100.0 Å². The maximum atomic E-state index is 10.5. The zero-order valence-electron chi connectivity index (χ0n) is 17.2. The molecule has 2 aliphatic heterocycles. The molecule has 4 atom stereocenters. The topological polar surface area (TPSA) is 51.2 Å². The minimum atomic E-state index is -0.564. The van der Waals surface area contributed by atoms with Crippen LogP contribution in [0.4, 0.5) is 0 Å². The first-order valence-corrected chi connectivity index (χ1v) is 14.2. The number of hydrogen-bond acceptors (Lipinski definition) is 6. The average Bonchev–Trinajstić information content (AvgIpc) is 2.95. The first-order valence-electron chi connectivity index (χ1n) is 10.1. The molecule has 2 saturated heterocycles. The molecule has 2 heterocycles. The third-order valence-electron chi connectivity index (χ3n) is 6.54. The molecule has 1 saturated carbocycles. The van der Waals surface area contributed by atoms with Crippen LogP contribution in [0.5, 0.6) is 0 Å². The van der Waals surface area contributed by atoms with E-state index in [-0.39, 0.29) is 18.3 Å². The maximum Gasteiger partial charge on any atom is 0.461 e. The highest BCUT2D eigenvalue weighted by Crippen LogP contribution is 2.50. The molecule has 0 amide bonds. The lowest BCUT2D eigenvalue weighted by atomic mass is 9.63. The van der Waals surface area contributed by atoms with Gasteiger partial charge in [0.15, 0.2) is 5.56 Å². The normalized spacial score (nSPS) is 36.7. The molecule has 5 nitrogen and oxygen atoms in total. The van der Waals surface area contributed by atoms with Gasteiger partial charge >= 0.3 is 7.12 Å². The molecule has 4 unspecified atom stereocenters. The van der Waals surface area contributed by atoms with Crippen molar-refractivity contribution < 1.29 is 19.2 Å². The largest absolute Gasteiger partial charge is 0.461 e. The van der Waals surface area contributed by atoms with Crippen LogP contribution in [0.3, 0.4) is 0 Å². The lowest BCUT2D eigenvalue weighted by molar-refractivity contribution is -0.0484. The van der Waals surface area contributed by atoms with Gasteiger partial charge in [-0.25, -0.2) is 4.90 Å². The van der Waals surface area contributed by atoms with E-state index in [1.165, 1.54) is 6.04 Å². The molecule has 3 rings (SSSR count). The molecule has 8 heteroatoms. The third-order valence-corrected chi connectivity index (χ3v) is 9.30. The van der Waals surface area contributed by atoms with E-state index in [0.717, 1.165) is 25.9 Å². The number of rotatable bonds is 6. The number of aliphatic hydroxyl groups is 1. The van der Waals surface area contributed by atoms with E-state index in [1.807, 2.05) is 0 Å². The molecule has 0 aromatic heterocycles. The molecule has 1 aliphatic carbocycles. The fraction of sp³-hybridized carbons (Fsp3) is 1.00. The smallest absolute Gasteiger partial charge is 0.403 e. The second-order valence-electron chi connectivity index (χ2n) is 9.50. The Morgan fingerprint density at radius 3 is 2.46 bits per heavy atom. The predicted molar refractivity (Wildman–Crippen MR) is 111 cm³/mol.